The summed E-state index contributed by atoms with van der Waals surface area (Å²) in [6.07, 6.45) is 1.15. The Morgan fingerprint density at radius 3 is 2.57 bits per heavy atom. The minimum absolute atomic E-state index is 0.501. The molecule has 0 radical (unpaired) electrons. The van der Waals surface area contributed by atoms with Gasteiger partial charge < -0.3 is 9.52 Å². The molecule has 2 aromatic carbocycles. The van der Waals surface area contributed by atoms with Crippen LogP contribution in [0.2, 0.25) is 5.02 Å². The van der Waals surface area contributed by atoms with Crippen molar-refractivity contribution in [2.24, 2.45) is 0 Å². The molecule has 0 spiro atoms. The molecule has 3 rings (SSSR count). The summed E-state index contributed by atoms with van der Waals surface area (Å²) in [5.41, 5.74) is 1.97. The molecule has 0 atom stereocenters. The van der Waals surface area contributed by atoms with Gasteiger partial charge >= 0.3 is 5.97 Å². The second-order valence-electron chi connectivity index (χ2n) is 4.56. The van der Waals surface area contributed by atoms with E-state index in [0.717, 1.165) is 17.0 Å². The fraction of sp³-hybridized carbons (Fsp3) is 0. The monoisotopic (exact) mass is 298 g/mol. The minimum Gasteiger partial charge on any atom is -0.478 e. The van der Waals surface area contributed by atoms with Gasteiger partial charge in [-0.25, -0.2) is 4.79 Å². The topological polar surface area (TPSA) is 50.4 Å². The summed E-state index contributed by atoms with van der Waals surface area (Å²) in [6, 6.07) is 16.3. The quantitative estimate of drug-likeness (QED) is 0.719. The van der Waals surface area contributed by atoms with E-state index in [9.17, 15) is 4.79 Å². The second-order valence-corrected chi connectivity index (χ2v) is 4.99. The highest BCUT2D eigenvalue weighted by Gasteiger charge is 2.12. The van der Waals surface area contributed by atoms with E-state index in [1.54, 1.807) is 24.3 Å². The lowest BCUT2D eigenvalue weighted by molar-refractivity contribution is -0.131. The number of hydrogen-bond donors (Lipinski definition) is 1. The van der Waals surface area contributed by atoms with Crippen molar-refractivity contribution in [3.05, 3.63) is 77.0 Å². The number of carbonyl (C=O) groups is 1. The molecule has 0 aliphatic carbocycles. The fourth-order valence-electron chi connectivity index (χ4n) is 2.18. The summed E-state index contributed by atoms with van der Waals surface area (Å²) in [4.78, 5) is 11.1. The van der Waals surface area contributed by atoms with Crippen LogP contribution in [-0.2, 0) is 4.79 Å². The molecule has 3 nitrogen and oxygen atoms in total. The van der Waals surface area contributed by atoms with E-state index >= 15 is 0 Å². The third-order valence-corrected chi connectivity index (χ3v) is 3.33. The molecule has 0 saturated heterocycles. The molecule has 0 aliphatic rings. The minimum atomic E-state index is -1.02. The Bertz CT molecular complexity index is 832. The summed E-state index contributed by atoms with van der Waals surface area (Å²) in [7, 11) is 0. The van der Waals surface area contributed by atoms with E-state index in [0.29, 0.717) is 21.9 Å². The molecular formula is C17H11ClO3. The first-order valence-corrected chi connectivity index (χ1v) is 6.71. The van der Waals surface area contributed by atoms with Crippen LogP contribution in [0.25, 0.3) is 16.5 Å². The number of rotatable bonds is 3. The van der Waals surface area contributed by atoms with Gasteiger partial charge in [-0.05, 0) is 29.8 Å². The number of halogens is 1. The van der Waals surface area contributed by atoms with Crippen LogP contribution in [0.1, 0.15) is 11.3 Å². The smallest absolute Gasteiger partial charge is 0.329 e. The molecule has 0 saturated carbocycles. The largest absolute Gasteiger partial charge is 0.478 e. The normalized spacial score (nSPS) is 11.8. The molecule has 0 fully saturated rings. The van der Waals surface area contributed by atoms with Crippen LogP contribution in [0.5, 0.6) is 0 Å². The van der Waals surface area contributed by atoms with Gasteiger partial charge in [-0.3, -0.25) is 0 Å². The molecule has 0 bridgehead atoms. The number of carboxylic acid groups (broad SMARTS) is 1. The van der Waals surface area contributed by atoms with Gasteiger partial charge in [0.25, 0.3) is 0 Å². The molecule has 3 aromatic rings. The molecule has 0 amide bonds. The molecule has 0 unspecified atom stereocenters. The summed E-state index contributed by atoms with van der Waals surface area (Å²) in [5, 5.41) is 10.5. The number of aliphatic carboxylic acids is 1. The molecule has 104 valence electrons. The zero-order valence-electron chi connectivity index (χ0n) is 10.9. The zero-order chi connectivity index (χ0) is 14.8. The predicted molar refractivity (Wildman–Crippen MR) is 82.4 cm³/mol. The van der Waals surface area contributed by atoms with E-state index in [1.165, 1.54) is 0 Å². The highest BCUT2D eigenvalue weighted by molar-refractivity contribution is 6.31. The van der Waals surface area contributed by atoms with Crippen LogP contribution in [0, 0.1) is 0 Å². The number of furan rings is 1. The third-order valence-electron chi connectivity index (χ3n) is 3.10. The van der Waals surface area contributed by atoms with E-state index in [2.05, 4.69) is 0 Å². The fourth-order valence-corrected chi connectivity index (χ4v) is 2.37. The van der Waals surface area contributed by atoms with Gasteiger partial charge in [0.1, 0.15) is 11.3 Å². The number of hydrogen-bond acceptors (Lipinski definition) is 2. The Hall–Kier alpha value is -2.52. The van der Waals surface area contributed by atoms with Crippen molar-refractivity contribution in [2.75, 3.05) is 0 Å². The van der Waals surface area contributed by atoms with E-state index in [1.807, 2.05) is 30.3 Å². The standard InChI is InChI=1S/C17H11ClO3/c18-13-6-7-15-12(8-13)9-16(21-15)14(10-17(19)20)11-4-2-1-3-5-11/h1-10H,(H,19,20)/b14-10+. The number of carboxylic acids is 1. The van der Waals surface area contributed by atoms with Crippen LogP contribution >= 0.6 is 11.6 Å². The maximum atomic E-state index is 11.1. The van der Waals surface area contributed by atoms with Gasteiger partial charge in [-0.2, -0.15) is 0 Å². The van der Waals surface area contributed by atoms with Crippen molar-refractivity contribution < 1.29 is 14.3 Å². The van der Waals surface area contributed by atoms with Crippen molar-refractivity contribution in [1.29, 1.82) is 0 Å². The SMILES string of the molecule is O=C(O)/C=C(\c1ccccc1)c1cc2cc(Cl)ccc2o1. The van der Waals surface area contributed by atoms with Gasteiger partial charge in [-0.1, -0.05) is 41.9 Å². The first-order chi connectivity index (χ1) is 10.1. The lowest BCUT2D eigenvalue weighted by Gasteiger charge is -2.03. The van der Waals surface area contributed by atoms with Crippen LogP contribution in [0.15, 0.2) is 65.1 Å². The van der Waals surface area contributed by atoms with Crippen LogP contribution < -0.4 is 0 Å². The van der Waals surface area contributed by atoms with Crippen LogP contribution in [0.3, 0.4) is 0 Å². The molecule has 1 heterocycles. The highest BCUT2D eigenvalue weighted by atomic mass is 35.5. The van der Waals surface area contributed by atoms with Gasteiger partial charge in [0, 0.05) is 22.1 Å². The Morgan fingerprint density at radius 1 is 1.10 bits per heavy atom. The lowest BCUT2D eigenvalue weighted by Crippen LogP contribution is -1.93. The highest BCUT2D eigenvalue weighted by Crippen LogP contribution is 2.30. The van der Waals surface area contributed by atoms with Crippen molar-refractivity contribution in [2.45, 2.75) is 0 Å². The van der Waals surface area contributed by atoms with Gasteiger partial charge in [0.2, 0.25) is 0 Å². The molecule has 0 aliphatic heterocycles. The maximum absolute atomic E-state index is 11.1. The van der Waals surface area contributed by atoms with E-state index in [-0.39, 0.29) is 0 Å². The Labute approximate surface area is 126 Å². The zero-order valence-corrected chi connectivity index (χ0v) is 11.7. The molecular weight excluding hydrogens is 288 g/mol. The van der Waals surface area contributed by atoms with Gasteiger partial charge in [0.15, 0.2) is 0 Å². The summed E-state index contributed by atoms with van der Waals surface area (Å²) < 4.78 is 5.75. The summed E-state index contributed by atoms with van der Waals surface area (Å²) in [5.74, 6) is -0.520. The molecule has 21 heavy (non-hydrogen) atoms. The molecule has 4 heteroatoms. The second kappa shape index (κ2) is 5.46. The number of benzene rings is 2. The van der Waals surface area contributed by atoms with Crippen molar-refractivity contribution in [1.82, 2.24) is 0 Å². The van der Waals surface area contributed by atoms with Crippen LogP contribution in [0.4, 0.5) is 0 Å². The first kappa shape index (κ1) is 13.5. The average Bonchev–Trinajstić information content (AvgIpc) is 2.88. The van der Waals surface area contributed by atoms with Gasteiger partial charge in [0.05, 0.1) is 0 Å². The third kappa shape index (κ3) is 2.83. The Kier molecular flexibility index (Phi) is 3.50. The van der Waals surface area contributed by atoms with Crippen molar-refractivity contribution in [3.8, 4) is 0 Å². The lowest BCUT2D eigenvalue weighted by atomic mass is 10.0. The Balaban J connectivity index is 2.17. The van der Waals surface area contributed by atoms with Crippen molar-refractivity contribution in [3.63, 3.8) is 0 Å². The molecule has 1 aromatic heterocycles. The molecule has 1 N–H and O–H groups in total. The van der Waals surface area contributed by atoms with Crippen molar-refractivity contribution >= 4 is 34.1 Å². The Morgan fingerprint density at radius 2 is 1.86 bits per heavy atom. The average molecular weight is 299 g/mol. The number of fused-ring (bicyclic) bond motifs is 1. The van der Waals surface area contributed by atoms with Crippen LogP contribution in [-0.4, -0.2) is 11.1 Å². The predicted octanol–water partition coefficient (Wildman–Crippen LogP) is 4.60. The summed E-state index contributed by atoms with van der Waals surface area (Å²) >= 11 is 5.96. The summed E-state index contributed by atoms with van der Waals surface area (Å²) in [6.45, 7) is 0. The van der Waals surface area contributed by atoms with E-state index in [4.69, 9.17) is 21.1 Å². The maximum Gasteiger partial charge on any atom is 0.329 e. The van der Waals surface area contributed by atoms with E-state index < -0.39 is 5.97 Å². The first-order valence-electron chi connectivity index (χ1n) is 6.33. The van der Waals surface area contributed by atoms with Gasteiger partial charge in [-0.15, -0.1) is 0 Å².